The molecule has 2 bridgehead atoms. The third-order valence-electron chi connectivity index (χ3n) is 5.87. The molecule has 1 aromatic carbocycles. The largest absolute Gasteiger partial charge is 0.439 e. The highest BCUT2D eigenvalue weighted by Gasteiger charge is 2.52. The van der Waals surface area contributed by atoms with E-state index in [2.05, 4.69) is 18.2 Å². The Hall–Kier alpha value is -3.00. The average Bonchev–Trinajstić information content (AvgIpc) is 3.23. The summed E-state index contributed by atoms with van der Waals surface area (Å²) in [7, 11) is 0. The molecule has 3 aliphatic rings. The van der Waals surface area contributed by atoms with Crippen molar-refractivity contribution in [3.63, 3.8) is 0 Å². The fourth-order valence-electron chi connectivity index (χ4n) is 4.79. The van der Waals surface area contributed by atoms with Gasteiger partial charge in [-0.05, 0) is 37.3 Å². The van der Waals surface area contributed by atoms with Crippen LogP contribution in [0.25, 0.3) is 11.0 Å². The summed E-state index contributed by atoms with van der Waals surface area (Å²) in [4.78, 5) is 12.8. The molecule has 5 nitrogen and oxygen atoms in total. The first-order chi connectivity index (χ1) is 12.1. The van der Waals surface area contributed by atoms with Crippen LogP contribution >= 0.6 is 0 Å². The lowest BCUT2D eigenvalue weighted by molar-refractivity contribution is 0.299. The van der Waals surface area contributed by atoms with Crippen molar-refractivity contribution in [1.29, 1.82) is 5.26 Å². The van der Waals surface area contributed by atoms with E-state index in [0.29, 0.717) is 33.8 Å². The van der Waals surface area contributed by atoms with Gasteiger partial charge in [-0.2, -0.15) is 5.26 Å². The lowest BCUT2D eigenvalue weighted by atomic mass is 9.67. The van der Waals surface area contributed by atoms with Crippen molar-refractivity contribution in [2.45, 2.75) is 25.2 Å². The van der Waals surface area contributed by atoms with E-state index in [4.69, 9.17) is 14.9 Å². The fraction of sp³-hybridized carbons (Fsp3) is 0.300. The van der Waals surface area contributed by atoms with E-state index < -0.39 is 11.5 Å². The van der Waals surface area contributed by atoms with Gasteiger partial charge < -0.3 is 14.9 Å². The molecule has 0 radical (unpaired) electrons. The van der Waals surface area contributed by atoms with Crippen LogP contribution in [-0.4, -0.2) is 0 Å². The van der Waals surface area contributed by atoms with Crippen LogP contribution in [0.2, 0.25) is 0 Å². The summed E-state index contributed by atoms with van der Waals surface area (Å²) in [5.74, 6) is 0.631. The molecule has 3 atom stereocenters. The van der Waals surface area contributed by atoms with Gasteiger partial charge in [0.05, 0.1) is 16.5 Å². The van der Waals surface area contributed by atoms with Crippen molar-refractivity contribution in [3.8, 4) is 11.8 Å². The normalized spacial score (nSPS) is 29.6. The summed E-state index contributed by atoms with van der Waals surface area (Å²) in [5, 5.41) is 10.4. The quantitative estimate of drug-likeness (QED) is 0.639. The molecule has 1 aromatic heterocycles. The first-order valence-electron chi connectivity index (χ1n) is 8.46. The standard InChI is InChI=1S/C20H16N2O3/c21-10-13-16(20-7-5-11(9-20)6-8-20)15-17(25-18(13)22)12-3-1-2-4-14(12)24-19(15)23/h1-5,7,11,16H,6,8-9,22H2/t11-,16-,20-/m1/s1. The van der Waals surface area contributed by atoms with E-state index in [1.165, 1.54) is 0 Å². The number of para-hydroxylation sites is 1. The van der Waals surface area contributed by atoms with Crippen LogP contribution < -0.4 is 16.1 Å². The zero-order valence-electron chi connectivity index (χ0n) is 13.5. The minimum atomic E-state index is -0.447. The Balaban J connectivity index is 1.85. The van der Waals surface area contributed by atoms with E-state index in [9.17, 15) is 10.1 Å². The van der Waals surface area contributed by atoms with Crippen molar-refractivity contribution in [3.05, 3.63) is 63.9 Å². The molecule has 2 aromatic rings. The van der Waals surface area contributed by atoms with Crippen LogP contribution in [0, 0.1) is 22.7 Å². The van der Waals surface area contributed by atoms with E-state index in [1.807, 2.05) is 12.1 Å². The number of fused-ring (bicyclic) bond motifs is 5. The number of nitrogens with zero attached hydrogens (tertiary/aromatic N) is 1. The number of hydrogen-bond donors (Lipinski definition) is 1. The maximum absolute atomic E-state index is 12.8. The summed E-state index contributed by atoms with van der Waals surface area (Å²) in [6.07, 6.45) is 7.30. The fourth-order valence-corrected chi connectivity index (χ4v) is 4.79. The molecule has 25 heavy (non-hydrogen) atoms. The van der Waals surface area contributed by atoms with Gasteiger partial charge in [-0.3, -0.25) is 0 Å². The van der Waals surface area contributed by atoms with Crippen LogP contribution in [0.5, 0.6) is 5.75 Å². The van der Waals surface area contributed by atoms with Gasteiger partial charge in [-0.1, -0.05) is 24.3 Å². The molecule has 1 aliphatic heterocycles. The summed E-state index contributed by atoms with van der Waals surface area (Å²) in [6, 6.07) is 9.43. The topological polar surface area (TPSA) is 89.3 Å². The molecule has 2 heterocycles. The molecule has 2 N–H and O–H groups in total. The molecule has 0 amide bonds. The van der Waals surface area contributed by atoms with Gasteiger partial charge in [0.2, 0.25) is 5.88 Å². The molecule has 5 heteroatoms. The molecule has 0 spiro atoms. The molecule has 1 saturated carbocycles. The summed E-state index contributed by atoms with van der Waals surface area (Å²) in [6.45, 7) is 0. The van der Waals surface area contributed by atoms with E-state index in [-0.39, 0.29) is 11.3 Å². The number of allylic oxidation sites excluding steroid dienone is 3. The smallest absolute Gasteiger partial charge is 0.343 e. The van der Waals surface area contributed by atoms with Crippen molar-refractivity contribution in [1.82, 2.24) is 0 Å². The summed E-state index contributed by atoms with van der Waals surface area (Å²) in [5.41, 5.74) is 6.63. The number of hydrogen-bond acceptors (Lipinski definition) is 5. The predicted molar refractivity (Wildman–Crippen MR) is 91.6 cm³/mol. The Morgan fingerprint density at radius 3 is 2.84 bits per heavy atom. The highest BCUT2D eigenvalue weighted by Crippen LogP contribution is 2.60. The van der Waals surface area contributed by atoms with Crippen molar-refractivity contribution in [2.75, 3.05) is 0 Å². The Morgan fingerprint density at radius 2 is 2.16 bits per heavy atom. The third kappa shape index (κ3) is 1.79. The van der Waals surface area contributed by atoms with Crippen molar-refractivity contribution >= 4 is 11.0 Å². The summed E-state index contributed by atoms with van der Waals surface area (Å²) >= 11 is 0. The SMILES string of the molecule is N#CC1=C(N)Oc2c(c(=O)oc3ccccc23)[C@@H]1[C@]12C=C[C@H](CC1)C2. The van der Waals surface area contributed by atoms with E-state index in [0.717, 1.165) is 19.3 Å². The van der Waals surface area contributed by atoms with Gasteiger partial charge in [0.15, 0.2) is 5.75 Å². The van der Waals surface area contributed by atoms with Gasteiger partial charge in [-0.15, -0.1) is 0 Å². The van der Waals surface area contributed by atoms with Crippen LogP contribution in [0.1, 0.15) is 30.7 Å². The van der Waals surface area contributed by atoms with Crippen molar-refractivity contribution in [2.24, 2.45) is 17.1 Å². The second-order valence-electron chi connectivity index (χ2n) is 7.15. The Labute approximate surface area is 144 Å². The van der Waals surface area contributed by atoms with Crippen LogP contribution in [0.15, 0.2) is 57.1 Å². The molecule has 0 unspecified atom stereocenters. The van der Waals surface area contributed by atoms with Crippen LogP contribution in [0.4, 0.5) is 0 Å². The Kier molecular flexibility index (Phi) is 2.73. The molecular formula is C20H16N2O3. The number of nitriles is 1. The van der Waals surface area contributed by atoms with Crippen LogP contribution in [0.3, 0.4) is 0 Å². The molecule has 124 valence electrons. The minimum Gasteiger partial charge on any atom is -0.439 e. The third-order valence-corrected chi connectivity index (χ3v) is 5.87. The maximum Gasteiger partial charge on any atom is 0.343 e. The first kappa shape index (κ1) is 14.4. The number of ether oxygens (including phenoxy) is 1. The molecule has 0 saturated heterocycles. The summed E-state index contributed by atoms with van der Waals surface area (Å²) < 4.78 is 11.3. The highest BCUT2D eigenvalue weighted by atomic mass is 16.5. The number of rotatable bonds is 1. The average molecular weight is 332 g/mol. The second kappa shape index (κ2) is 4.76. The molecular weight excluding hydrogens is 316 g/mol. The van der Waals surface area contributed by atoms with Crippen LogP contribution in [-0.2, 0) is 0 Å². The maximum atomic E-state index is 12.8. The Bertz CT molecular complexity index is 1070. The molecule has 5 rings (SSSR count). The van der Waals surface area contributed by atoms with E-state index >= 15 is 0 Å². The van der Waals surface area contributed by atoms with Crippen molar-refractivity contribution < 1.29 is 9.15 Å². The van der Waals surface area contributed by atoms with E-state index in [1.54, 1.807) is 12.1 Å². The molecule has 2 aliphatic carbocycles. The Morgan fingerprint density at radius 1 is 1.32 bits per heavy atom. The lowest BCUT2D eigenvalue weighted by Crippen LogP contribution is -2.34. The predicted octanol–water partition coefficient (Wildman–Crippen LogP) is 3.32. The minimum absolute atomic E-state index is 0.0916. The van der Waals surface area contributed by atoms with Gasteiger partial charge in [0.25, 0.3) is 0 Å². The molecule has 1 fully saturated rings. The zero-order valence-corrected chi connectivity index (χ0v) is 13.5. The first-order valence-corrected chi connectivity index (χ1v) is 8.46. The number of nitrogens with two attached hydrogens (primary N) is 1. The second-order valence-corrected chi connectivity index (χ2v) is 7.15. The lowest BCUT2D eigenvalue weighted by Gasteiger charge is -2.36. The van der Waals surface area contributed by atoms with Gasteiger partial charge in [-0.25, -0.2) is 4.79 Å². The van der Waals surface area contributed by atoms with Gasteiger partial charge >= 0.3 is 5.63 Å². The van der Waals surface area contributed by atoms with Gasteiger partial charge in [0, 0.05) is 11.3 Å². The monoisotopic (exact) mass is 332 g/mol. The zero-order chi connectivity index (χ0) is 17.2. The highest BCUT2D eigenvalue weighted by molar-refractivity contribution is 5.85. The number of benzene rings is 1. The van der Waals surface area contributed by atoms with Gasteiger partial charge in [0.1, 0.15) is 11.7 Å².